The first-order valence-electron chi connectivity index (χ1n) is 4.08. The molecule has 2 rings (SSSR count). The average molecular weight is 125 g/mol. The van der Waals surface area contributed by atoms with Crippen LogP contribution >= 0.6 is 0 Å². The third-order valence-corrected chi connectivity index (χ3v) is 2.96. The van der Waals surface area contributed by atoms with Gasteiger partial charge in [-0.2, -0.15) is 0 Å². The quantitative estimate of drug-likeness (QED) is 0.474. The Morgan fingerprint density at radius 1 is 1.22 bits per heavy atom. The molecule has 1 saturated carbocycles. The Labute approximate surface area is 57.0 Å². The topological polar surface area (TPSA) is 3.24 Å². The van der Waals surface area contributed by atoms with Gasteiger partial charge >= 0.3 is 0 Å². The van der Waals surface area contributed by atoms with Crippen LogP contribution in [0.25, 0.3) is 0 Å². The lowest BCUT2D eigenvalue weighted by molar-refractivity contribution is 0.00885. The van der Waals surface area contributed by atoms with Crippen molar-refractivity contribution in [3.05, 3.63) is 0 Å². The number of nitrogens with zero attached hydrogens (tertiary/aromatic N) is 1. The molecule has 1 heteroatoms. The van der Waals surface area contributed by atoms with Crippen molar-refractivity contribution in [3.8, 4) is 0 Å². The highest BCUT2D eigenvalue weighted by Gasteiger charge is 2.36. The smallest absolute Gasteiger partial charge is 0.0133 e. The van der Waals surface area contributed by atoms with E-state index >= 15 is 0 Å². The Bertz CT molecular complexity index is 109. The molecule has 2 unspecified atom stereocenters. The standard InChI is InChI=1S/C8H15N/c1-9-6-7-4-2-3-5-8(7)9/h7-8H,2-6H2,1H3. The number of hydrogen-bond donors (Lipinski definition) is 0. The van der Waals surface area contributed by atoms with E-state index in [2.05, 4.69) is 11.9 Å². The number of hydrogen-bond acceptors (Lipinski definition) is 1. The van der Waals surface area contributed by atoms with E-state index in [0.29, 0.717) is 0 Å². The minimum Gasteiger partial charge on any atom is -0.303 e. The fourth-order valence-electron chi connectivity index (χ4n) is 2.35. The van der Waals surface area contributed by atoms with Crippen molar-refractivity contribution in [2.24, 2.45) is 5.92 Å². The SMILES string of the molecule is CN1CC2CCCCC21. The van der Waals surface area contributed by atoms with E-state index in [1.54, 1.807) is 0 Å². The fraction of sp³-hybridized carbons (Fsp3) is 1.00. The highest BCUT2D eigenvalue weighted by atomic mass is 15.2. The molecule has 9 heavy (non-hydrogen) atoms. The van der Waals surface area contributed by atoms with E-state index in [9.17, 15) is 0 Å². The molecule has 0 spiro atoms. The summed E-state index contributed by atoms with van der Waals surface area (Å²) in [5.74, 6) is 1.09. The molecule has 0 amide bonds. The molecule has 0 N–H and O–H groups in total. The monoisotopic (exact) mass is 125 g/mol. The van der Waals surface area contributed by atoms with Crippen LogP contribution in [0.3, 0.4) is 0 Å². The molecule has 0 bridgehead atoms. The van der Waals surface area contributed by atoms with Crippen molar-refractivity contribution in [1.82, 2.24) is 4.90 Å². The third-order valence-electron chi connectivity index (χ3n) is 2.96. The summed E-state index contributed by atoms with van der Waals surface area (Å²) in [5.41, 5.74) is 0. The first kappa shape index (κ1) is 5.72. The lowest BCUT2D eigenvalue weighted by Crippen LogP contribution is -2.54. The van der Waals surface area contributed by atoms with Crippen LogP contribution in [0.4, 0.5) is 0 Å². The van der Waals surface area contributed by atoms with Gasteiger partial charge in [0.25, 0.3) is 0 Å². The largest absolute Gasteiger partial charge is 0.303 e. The third kappa shape index (κ3) is 0.787. The van der Waals surface area contributed by atoms with Crippen LogP contribution in [-0.2, 0) is 0 Å². The van der Waals surface area contributed by atoms with Crippen molar-refractivity contribution in [2.75, 3.05) is 13.6 Å². The molecule has 1 aliphatic carbocycles. The van der Waals surface area contributed by atoms with Gasteiger partial charge in [-0.15, -0.1) is 0 Å². The van der Waals surface area contributed by atoms with Gasteiger partial charge in [-0.3, -0.25) is 0 Å². The summed E-state index contributed by atoms with van der Waals surface area (Å²) in [7, 11) is 2.26. The lowest BCUT2D eigenvalue weighted by Gasteiger charge is -2.49. The predicted octanol–water partition coefficient (Wildman–Crippen LogP) is 1.49. The van der Waals surface area contributed by atoms with E-state index in [1.165, 1.54) is 32.2 Å². The normalized spacial score (nSPS) is 43.7. The average Bonchev–Trinajstić information content (AvgIpc) is 1.86. The Kier molecular flexibility index (Phi) is 1.26. The highest BCUT2D eigenvalue weighted by Crippen LogP contribution is 2.35. The molecular weight excluding hydrogens is 110 g/mol. The molecule has 0 aromatic heterocycles. The Hall–Kier alpha value is -0.0400. The van der Waals surface area contributed by atoms with Crippen molar-refractivity contribution in [3.63, 3.8) is 0 Å². The summed E-state index contributed by atoms with van der Waals surface area (Å²) in [6.07, 6.45) is 5.96. The first-order valence-corrected chi connectivity index (χ1v) is 4.08. The van der Waals surface area contributed by atoms with Crippen molar-refractivity contribution < 1.29 is 0 Å². The van der Waals surface area contributed by atoms with E-state index in [0.717, 1.165) is 12.0 Å². The minimum absolute atomic E-state index is 0.985. The van der Waals surface area contributed by atoms with Crippen molar-refractivity contribution >= 4 is 0 Å². The van der Waals surface area contributed by atoms with Crippen LogP contribution in [0.15, 0.2) is 0 Å². The fourth-order valence-corrected chi connectivity index (χ4v) is 2.35. The number of likely N-dealkylation sites (tertiary alicyclic amines) is 1. The summed E-state index contributed by atoms with van der Waals surface area (Å²) < 4.78 is 0. The summed E-state index contributed by atoms with van der Waals surface area (Å²) in [4.78, 5) is 2.50. The summed E-state index contributed by atoms with van der Waals surface area (Å²) in [6, 6.07) is 0.985. The van der Waals surface area contributed by atoms with Gasteiger partial charge in [-0.1, -0.05) is 12.8 Å². The van der Waals surface area contributed by atoms with Gasteiger partial charge in [0.2, 0.25) is 0 Å². The molecular formula is C8H15N. The molecule has 0 aromatic rings. The molecule has 52 valence electrons. The van der Waals surface area contributed by atoms with Gasteiger partial charge in [0.1, 0.15) is 0 Å². The molecule has 0 radical (unpaired) electrons. The van der Waals surface area contributed by atoms with Crippen LogP contribution in [-0.4, -0.2) is 24.5 Å². The Morgan fingerprint density at radius 3 is 2.56 bits per heavy atom. The molecule has 1 saturated heterocycles. The highest BCUT2D eigenvalue weighted by molar-refractivity contribution is 4.91. The molecule has 2 fully saturated rings. The van der Waals surface area contributed by atoms with Crippen LogP contribution in [0.1, 0.15) is 25.7 Å². The molecule has 2 aliphatic rings. The van der Waals surface area contributed by atoms with Crippen LogP contribution < -0.4 is 0 Å². The second-order valence-corrected chi connectivity index (χ2v) is 3.55. The van der Waals surface area contributed by atoms with Gasteiger partial charge in [0.05, 0.1) is 0 Å². The zero-order valence-electron chi connectivity index (χ0n) is 6.14. The van der Waals surface area contributed by atoms with Crippen LogP contribution in [0.2, 0.25) is 0 Å². The van der Waals surface area contributed by atoms with E-state index in [-0.39, 0.29) is 0 Å². The van der Waals surface area contributed by atoms with Crippen molar-refractivity contribution in [1.29, 1.82) is 0 Å². The van der Waals surface area contributed by atoms with Gasteiger partial charge in [0.15, 0.2) is 0 Å². The first-order chi connectivity index (χ1) is 4.38. The zero-order valence-corrected chi connectivity index (χ0v) is 6.14. The molecule has 1 heterocycles. The zero-order chi connectivity index (χ0) is 6.27. The summed E-state index contributed by atoms with van der Waals surface area (Å²) in [6.45, 7) is 1.38. The minimum atomic E-state index is 0.985. The molecule has 2 atom stereocenters. The molecule has 1 aliphatic heterocycles. The van der Waals surface area contributed by atoms with Gasteiger partial charge in [0, 0.05) is 12.6 Å². The van der Waals surface area contributed by atoms with Crippen molar-refractivity contribution in [2.45, 2.75) is 31.7 Å². The lowest BCUT2D eigenvalue weighted by atomic mass is 9.77. The van der Waals surface area contributed by atoms with Gasteiger partial charge < -0.3 is 4.90 Å². The maximum Gasteiger partial charge on any atom is 0.0133 e. The number of rotatable bonds is 0. The predicted molar refractivity (Wildman–Crippen MR) is 38.4 cm³/mol. The van der Waals surface area contributed by atoms with Gasteiger partial charge in [-0.25, -0.2) is 0 Å². The maximum absolute atomic E-state index is 2.50. The Balaban J connectivity index is 1.94. The maximum atomic E-state index is 2.50. The van der Waals surface area contributed by atoms with Gasteiger partial charge in [-0.05, 0) is 25.8 Å². The number of fused-ring (bicyclic) bond motifs is 1. The van der Waals surface area contributed by atoms with E-state index < -0.39 is 0 Å². The Morgan fingerprint density at radius 2 is 2.00 bits per heavy atom. The molecule has 1 nitrogen and oxygen atoms in total. The second-order valence-electron chi connectivity index (χ2n) is 3.55. The summed E-state index contributed by atoms with van der Waals surface area (Å²) in [5, 5.41) is 0. The van der Waals surface area contributed by atoms with Crippen LogP contribution in [0, 0.1) is 5.92 Å². The molecule has 0 aromatic carbocycles. The van der Waals surface area contributed by atoms with E-state index in [4.69, 9.17) is 0 Å². The van der Waals surface area contributed by atoms with E-state index in [1.807, 2.05) is 0 Å². The van der Waals surface area contributed by atoms with Crippen LogP contribution in [0.5, 0.6) is 0 Å². The summed E-state index contributed by atoms with van der Waals surface area (Å²) >= 11 is 0. The second kappa shape index (κ2) is 1.98.